The fourth-order valence-electron chi connectivity index (χ4n) is 3.21. The van der Waals surface area contributed by atoms with Gasteiger partial charge in [0.15, 0.2) is 18.1 Å². The molecule has 0 saturated carbocycles. The highest BCUT2D eigenvalue weighted by Gasteiger charge is 2.30. The number of nitrogens with zero attached hydrogens (tertiary/aromatic N) is 2. The Morgan fingerprint density at radius 3 is 2.32 bits per heavy atom. The lowest BCUT2D eigenvalue weighted by atomic mass is 9.97. The Kier molecular flexibility index (Phi) is 8.59. The molecular formula is C20H26N2O9. The molecule has 11 heteroatoms. The molecule has 0 N–H and O–H groups in total. The van der Waals surface area contributed by atoms with Gasteiger partial charge in [-0.15, -0.1) is 0 Å². The number of carbonyl (C=O) groups excluding carboxylic acids is 3. The molecule has 0 atom stereocenters. The molecule has 1 fully saturated rings. The van der Waals surface area contributed by atoms with E-state index in [9.17, 15) is 24.5 Å². The molecule has 11 nitrogen and oxygen atoms in total. The number of esters is 2. The number of rotatable bonds is 9. The first-order chi connectivity index (χ1) is 14.8. The molecule has 1 amide bonds. The van der Waals surface area contributed by atoms with Crippen LogP contribution in [0.25, 0.3) is 0 Å². The fraction of sp³-hybridized carbons (Fsp3) is 0.550. The molecular weight excluding hydrogens is 412 g/mol. The topological polar surface area (TPSA) is 135 Å². The zero-order valence-corrected chi connectivity index (χ0v) is 17.8. The third-order valence-corrected chi connectivity index (χ3v) is 4.79. The number of hydrogen-bond donors (Lipinski definition) is 0. The summed E-state index contributed by atoms with van der Waals surface area (Å²) in [6, 6.07) is 2.24. The lowest BCUT2D eigenvalue weighted by Crippen LogP contribution is -2.42. The first-order valence-corrected chi connectivity index (χ1v) is 9.93. The van der Waals surface area contributed by atoms with Crippen LogP contribution in [0, 0.1) is 16.0 Å². The molecule has 0 spiro atoms. The van der Waals surface area contributed by atoms with Gasteiger partial charge in [0.25, 0.3) is 11.6 Å². The van der Waals surface area contributed by atoms with Crippen molar-refractivity contribution in [1.82, 2.24) is 4.90 Å². The van der Waals surface area contributed by atoms with Crippen molar-refractivity contribution < 1.29 is 38.3 Å². The molecule has 0 aliphatic carbocycles. The number of methoxy groups -OCH3 is 1. The SMILES string of the molecule is CCOC(=O)C1CCN(C(=O)COC(=O)c2cc(OC)c(OCC)cc2[N+](=O)[O-])CC1. The van der Waals surface area contributed by atoms with Gasteiger partial charge in [0.2, 0.25) is 0 Å². The molecule has 31 heavy (non-hydrogen) atoms. The summed E-state index contributed by atoms with van der Waals surface area (Å²) < 4.78 is 20.4. The van der Waals surface area contributed by atoms with E-state index in [1.807, 2.05) is 0 Å². The fourth-order valence-corrected chi connectivity index (χ4v) is 3.21. The number of carbonyl (C=O) groups is 3. The standard InChI is InChI=1S/C20H26N2O9/c1-4-29-17-11-15(22(26)27)14(10-16(17)28-3)20(25)31-12-18(23)21-8-6-13(7-9-21)19(24)30-5-2/h10-11,13H,4-9,12H2,1-3H3. The maximum Gasteiger partial charge on any atom is 0.345 e. The van der Waals surface area contributed by atoms with E-state index in [4.69, 9.17) is 18.9 Å². The van der Waals surface area contributed by atoms with E-state index in [1.165, 1.54) is 12.0 Å². The van der Waals surface area contributed by atoms with E-state index in [-0.39, 0.29) is 35.6 Å². The second kappa shape index (κ2) is 11.1. The Labute approximate surface area is 179 Å². The van der Waals surface area contributed by atoms with Crippen LogP contribution in [0.15, 0.2) is 12.1 Å². The van der Waals surface area contributed by atoms with Crippen LogP contribution in [0.3, 0.4) is 0 Å². The molecule has 1 aromatic rings. The van der Waals surface area contributed by atoms with E-state index in [0.29, 0.717) is 32.5 Å². The Balaban J connectivity index is 2.01. The monoisotopic (exact) mass is 438 g/mol. The number of likely N-dealkylation sites (tertiary alicyclic amines) is 1. The van der Waals surface area contributed by atoms with Crippen molar-refractivity contribution in [3.05, 3.63) is 27.8 Å². The molecule has 0 radical (unpaired) electrons. The average molecular weight is 438 g/mol. The van der Waals surface area contributed by atoms with Crippen molar-refractivity contribution in [2.24, 2.45) is 5.92 Å². The van der Waals surface area contributed by atoms with Gasteiger partial charge in [0, 0.05) is 19.2 Å². The van der Waals surface area contributed by atoms with E-state index in [2.05, 4.69) is 0 Å². The molecule has 0 unspecified atom stereocenters. The Hall–Kier alpha value is -3.37. The van der Waals surface area contributed by atoms with E-state index >= 15 is 0 Å². The van der Waals surface area contributed by atoms with Crippen molar-refractivity contribution in [2.75, 3.05) is 40.0 Å². The van der Waals surface area contributed by atoms with Gasteiger partial charge in [-0.1, -0.05) is 0 Å². The molecule has 0 bridgehead atoms. The number of nitro groups is 1. The molecule has 1 aromatic carbocycles. The van der Waals surface area contributed by atoms with E-state index in [0.717, 1.165) is 12.1 Å². The van der Waals surface area contributed by atoms with Gasteiger partial charge in [0.05, 0.1) is 37.2 Å². The minimum Gasteiger partial charge on any atom is -0.493 e. The summed E-state index contributed by atoms with van der Waals surface area (Å²) in [6.07, 6.45) is 0.917. The third-order valence-electron chi connectivity index (χ3n) is 4.79. The van der Waals surface area contributed by atoms with E-state index < -0.39 is 29.1 Å². The number of benzene rings is 1. The second-order valence-electron chi connectivity index (χ2n) is 6.69. The number of hydrogen-bond acceptors (Lipinski definition) is 9. The number of amides is 1. The smallest absolute Gasteiger partial charge is 0.345 e. The summed E-state index contributed by atoms with van der Waals surface area (Å²) in [5.41, 5.74) is -0.865. The van der Waals surface area contributed by atoms with Crippen LogP contribution in [0.1, 0.15) is 37.0 Å². The van der Waals surface area contributed by atoms with Crippen LogP contribution in [0.5, 0.6) is 11.5 Å². The zero-order valence-electron chi connectivity index (χ0n) is 17.8. The van der Waals surface area contributed by atoms with Crippen molar-refractivity contribution in [2.45, 2.75) is 26.7 Å². The van der Waals surface area contributed by atoms with Crippen LogP contribution in [0.2, 0.25) is 0 Å². The van der Waals surface area contributed by atoms with Crippen molar-refractivity contribution >= 4 is 23.5 Å². The normalized spacial score (nSPS) is 14.0. The van der Waals surface area contributed by atoms with E-state index in [1.54, 1.807) is 13.8 Å². The average Bonchev–Trinajstić information content (AvgIpc) is 2.77. The van der Waals surface area contributed by atoms with Gasteiger partial charge >= 0.3 is 11.9 Å². The molecule has 1 aliphatic rings. The van der Waals surface area contributed by atoms with Crippen molar-refractivity contribution in [3.8, 4) is 11.5 Å². The largest absolute Gasteiger partial charge is 0.493 e. The predicted octanol–water partition coefficient (Wildman–Crippen LogP) is 1.96. The molecule has 1 aliphatic heterocycles. The summed E-state index contributed by atoms with van der Waals surface area (Å²) in [7, 11) is 1.34. The summed E-state index contributed by atoms with van der Waals surface area (Å²) >= 11 is 0. The highest BCUT2D eigenvalue weighted by atomic mass is 16.6. The lowest BCUT2D eigenvalue weighted by Gasteiger charge is -2.30. The minimum absolute atomic E-state index is 0.119. The lowest BCUT2D eigenvalue weighted by molar-refractivity contribution is -0.385. The Bertz CT molecular complexity index is 832. The summed E-state index contributed by atoms with van der Waals surface area (Å²) in [5.74, 6) is -1.76. The maximum atomic E-state index is 12.5. The molecule has 1 saturated heterocycles. The van der Waals surface area contributed by atoms with Crippen LogP contribution in [-0.4, -0.2) is 67.7 Å². The Morgan fingerprint density at radius 1 is 1.10 bits per heavy atom. The molecule has 1 heterocycles. The van der Waals surface area contributed by atoms with Gasteiger partial charge in [-0.25, -0.2) is 4.79 Å². The number of ether oxygens (including phenoxy) is 4. The first kappa shape index (κ1) is 23.9. The van der Waals surface area contributed by atoms with Crippen molar-refractivity contribution in [1.29, 1.82) is 0 Å². The third kappa shape index (κ3) is 6.06. The van der Waals surface area contributed by atoms with Crippen LogP contribution in [-0.2, 0) is 19.1 Å². The summed E-state index contributed by atoms with van der Waals surface area (Å²) in [6.45, 7) is 4.07. The summed E-state index contributed by atoms with van der Waals surface area (Å²) in [5, 5.41) is 11.4. The quantitative estimate of drug-likeness (QED) is 0.322. The second-order valence-corrected chi connectivity index (χ2v) is 6.69. The van der Waals surface area contributed by atoms with Crippen LogP contribution < -0.4 is 9.47 Å². The predicted molar refractivity (Wildman–Crippen MR) is 107 cm³/mol. The minimum atomic E-state index is -1.03. The van der Waals surface area contributed by atoms with Gasteiger partial charge in [-0.05, 0) is 26.7 Å². The zero-order chi connectivity index (χ0) is 23.0. The number of piperidine rings is 1. The van der Waals surface area contributed by atoms with Gasteiger partial charge in [0.1, 0.15) is 5.56 Å². The Morgan fingerprint density at radius 2 is 1.77 bits per heavy atom. The summed E-state index contributed by atoms with van der Waals surface area (Å²) in [4.78, 5) is 48.7. The molecule has 0 aromatic heterocycles. The van der Waals surface area contributed by atoms with Crippen molar-refractivity contribution in [3.63, 3.8) is 0 Å². The highest BCUT2D eigenvalue weighted by Crippen LogP contribution is 2.35. The first-order valence-electron chi connectivity index (χ1n) is 9.93. The maximum absolute atomic E-state index is 12.5. The number of nitro benzene ring substituents is 1. The van der Waals surface area contributed by atoms with Crippen LogP contribution >= 0.6 is 0 Å². The van der Waals surface area contributed by atoms with Gasteiger partial charge in [-0.2, -0.15) is 0 Å². The molecule has 170 valence electrons. The van der Waals surface area contributed by atoms with Gasteiger partial charge in [-0.3, -0.25) is 19.7 Å². The van der Waals surface area contributed by atoms with Gasteiger partial charge < -0.3 is 23.8 Å². The molecule has 2 rings (SSSR count). The van der Waals surface area contributed by atoms with Crippen LogP contribution in [0.4, 0.5) is 5.69 Å². The highest BCUT2D eigenvalue weighted by molar-refractivity contribution is 5.96.